The van der Waals surface area contributed by atoms with Gasteiger partial charge in [-0.1, -0.05) is 54.1 Å². The normalized spacial score (nSPS) is 11.0. The number of carbonyl (C=O) groups is 1. The molecule has 0 atom stereocenters. The number of halogens is 1. The Morgan fingerprint density at radius 1 is 1.07 bits per heavy atom. The van der Waals surface area contributed by atoms with Gasteiger partial charge in [-0.3, -0.25) is 14.2 Å². The average molecular weight is 380 g/mol. The van der Waals surface area contributed by atoms with Gasteiger partial charge in [-0.25, -0.2) is 0 Å². The van der Waals surface area contributed by atoms with Crippen molar-refractivity contribution >= 4 is 34.1 Å². The third-order valence-electron chi connectivity index (χ3n) is 4.31. The van der Waals surface area contributed by atoms with Crippen LogP contribution in [0.4, 0.5) is 5.82 Å². The summed E-state index contributed by atoms with van der Waals surface area (Å²) in [5.74, 6) is 0.305. The van der Waals surface area contributed by atoms with Crippen LogP contribution in [0.3, 0.4) is 0 Å². The summed E-state index contributed by atoms with van der Waals surface area (Å²) in [5.41, 5.74) is 1.87. The van der Waals surface area contributed by atoms with Gasteiger partial charge in [0.2, 0.25) is 5.91 Å². The van der Waals surface area contributed by atoms with Crippen molar-refractivity contribution in [2.45, 2.75) is 20.0 Å². The van der Waals surface area contributed by atoms with Crippen molar-refractivity contribution in [3.8, 4) is 0 Å². The Balaban J connectivity index is 1.44. The van der Waals surface area contributed by atoms with Gasteiger partial charge in [0.15, 0.2) is 5.82 Å². The van der Waals surface area contributed by atoms with E-state index in [1.807, 2.05) is 29.1 Å². The number of fused-ring (bicyclic) bond motifs is 1. The zero-order chi connectivity index (χ0) is 18.8. The lowest BCUT2D eigenvalue weighted by molar-refractivity contribution is -0.116. The van der Waals surface area contributed by atoms with Crippen LogP contribution in [0.2, 0.25) is 5.02 Å². The zero-order valence-corrected chi connectivity index (χ0v) is 15.5. The summed E-state index contributed by atoms with van der Waals surface area (Å²) in [6.45, 7) is 2.51. The van der Waals surface area contributed by atoms with E-state index in [0.29, 0.717) is 23.1 Å². The first-order chi connectivity index (χ1) is 13.1. The van der Waals surface area contributed by atoms with Crippen molar-refractivity contribution in [2.75, 3.05) is 5.32 Å². The lowest BCUT2D eigenvalue weighted by atomic mass is 10.0. The predicted octanol–water partition coefficient (Wildman–Crippen LogP) is 3.88. The van der Waals surface area contributed by atoms with Crippen molar-refractivity contribution in [1.29, 1.82) is 0 Å². The van der Waals surface area contributed by atoms with Gasteiger partial charge in [-0.2, -0.15) is 10.2 Å². The molecule has 1 N–H and O–H groups in total. The predicted molar refractivity (Wildman–Crippen MR) is 106 cm³/mol. The highest BCUT2D eigenvalue weighted by molar-refractivity contribution is 6.31. The van der Waals surface area contributed by atoms with E-state index in [-0.39, 0.29) is 12.5 Å². The van der Waals surface area contributed by atoms with Crippen LogP contribution in [0.5, 0.6) is 0 Å². The third-order valence-corrected chi connectivity index (χ3v) is 4.68. The second kappa shape index (κ2) is 7.25. The molecule has 27 heavy (non-hydrogen) atoms. The van der Waals surface area contributed by atoms with Crippen molar-refractivity contribution in [1.82, 2.24) is 19.6 Å². The molecule has 0 bridgehead atoms. The van der Waals surface area contributed by atoms with Crippen molar-refractivity contribution in [3.63, 3.8) is 0 Å². The van der Waals surface area contributed by atoms with Crippen molar-refractivity contribution in [3.05, 3.63) is 77.2 Å². The highest BCUT2D eigenvalue weighted by Crippen LogP contribution is 2.19. The van der Waals surface area contributed by atoms with Crippen LogP contribution < -0.4 is 5.32 Å². The number of nitrogens with one attached hydrogen (secondary N) is 1. The maximum atomic E-state index is 12.2. The molecule has 0 aliphatic heterocycles. The number of carbonyl (C=O) groups excluding carboxylic acids is 1. The van der Waals surface area contributed by atoms with Gasteiger partial charge in [0, 0.05) is 18.5 Å². The Kier molecular flexibility index (Phi) is 4.64. The molecule has 0 spiro atoms. The molecule has 4 aromatic rings. The molecule has 2 aromatic carbocycles. The van der Waals surface area contributed by atoms with Crippen molar-refractivity contribution in [2.24, 2.45) is 0 Å². The van der Waals surface area contributed by atoms with Crippen LogP contribution in [0.15, 0.2) is 60.9 Å². The number of anilines is 1. The average Bonchev–Trinajstić information content (AvgIpc) is 3.21. The van der Waals surface area contributed by atoms with Gasteiger partial charge in [-0.15, -0.1) is 0 Å². The Labute approximate surface area is 161 Å². The van der Waals surface area contributed by atoms with E-state index in [2.05, 4.69) is 39.8 Å². The van der Waals surface area contributed by atoms with E-state index in [0.717, 1.165) is 0 Å². The number of benzene rings is 2. The van der Waals surface area contributed by atoms with Gasteiger partial charge >= 0.3 is 0 Å². The van der Waals surface area contributed by atoms with Crippen LogP contribution in [-0.2, 0) is 17.9 Å². The molecule has 0 unspecified atom stereocenters. The molecule has 2 heterocycles. The lowest BCUT2D eigenvalue weighted by Crippen LogP contribution is -2.19. The smallest absolute Gasteiger partial charge is 0.247 e. The maximum Gasteiger partial charge on any atom is 0.247 e. The molecule has 7 heteroatoms. The molecule has 0 fully saturated rings. The van der Waals surface area contributed by atoms with E-state index in [1.54, 1.807) is 19.2 Å². The molecule has 0 saturated carbocycles. The van der Waals surface area contributed by atoms with E-state index >= 15 is 0 Å². The number of hydrogen-bond acceptors (Lipinski definition) is 3. The van der Waals surface area contributed by atoms with Crippen LogP contribution in [0, 0.1) is 6.92 Å². The fraction of sp³-hybridized carbons (Fsp3) is 0.150. The molecule has 0 aliphatic carbocycles. The second-order valence-electron chi connectivity index (χ2n) is 6.35. The van der Waals surface area contributed by atoms with Crippen LogP contribution in [0.1, 0.15) is 11.3 Å². The molecule has 136 valence electrons. The van der Waals surface area contributed by atoms with E-state index < -0.39 is 0 Å². The van der Waals surface area contributed by atoms with Crippen molar-refractivity contribution < 1.29 is 4.79 Å². The topological polar surface area (TPSA) is 64.7 Å². The minimum atomic E-state index is -0.204. The quantitative estimate of drug-likeness (QED) is 0.572. The molecule has 4 rings (SSSR count). The molecule has 1 amide bonds. The summed E-state index contributed by atoms with van der Waals surface area (Å²) in [4.78, 5) is 12.2. The fourth-order valence-electron chi connectivity index (χ4n) is 3.03. The second-order valence-corrected chi connectivity index (χ2v) is 6.75. The van der Waals surface area contributed by atoms with Crippen LogP contribution >= 0.6 is 11.6 Å². The van der Waals surface area contributed by atoms with Gasteiger partial charge < -0.3 is 5.32 Å². The number of aromatic nitrogens is 4. The molecule has 2 aromatic heterocycles. The Morgan fingerprint density at radius 2 is 1.89 bits per heavy atom. The largest absolute Gasteiger partial charge is 0.308 e. The summed E-state index contributed by atoms with van der Waals surface area (Å²) in [6, 6.07) is 16.3. The molecule has 6 nitrogen and oxygen atoms in total. The number of hydrogen-bond donors (Lipinski definition) is 1. The molecule has 0 aliphatic rings. The van der Waals surface area contributed by atoms with Gasteiger partial charge in [0.25, 0.3) is 0 Å². The first kappa shape index (κ1) is 17.3. The van der Waals surface area contributed by atoms with E-state index in [1.165, 1.54) is 21.0 Å². The number of nitrogens with zero attached hydrogens (tertiary/aromatic N) is 4. The van der Waals surface area contributed by atoms with Gasteiger partial charge in [-0.05, 0) is 23.3 Å². The van der Waals surface area contributed by atoms with Gasteiger partial charge in [0.05, 0.1) is 17.3 Å². The zero-order valence-electron chi connectivity index (χ0n) is 14.8. The first-order valence-corrected chi connectivity index (χ1v) is 8.96. The van der Waals surface area contributed by atoms with E-state index in [4.69, 9.17) is 11.6 Å². The fourth-order valence-corrected chi connectivity index (χ4v) is 3.18. The monoisotopic (exact) mass is 379 g/mol. The molecular formula is C20H18ClN5O. The number of rotatable bonds is 5. The lowest BCUT2D eigenvalue weighted by Gasteiger charge is -2.07. The highest BCUT2D eigenvalue weighted by Gasteiger charge is 2.09. The maximum absolute atomic E-state index is 12.2. The minimum Gasteiger partial charge on any atom is -0.308 e. The molecular weight excluding hydrogens is 362 g/mol. The van der Waals surface area contributed by atoms with Crippen LogP contribution in [0.25, 0.3) is 10.8 Å². The minimum absolute atomic E-state index is 0.0870. The highest BCUT2D eigenvalue weighted by atomic mass is 35.5. The summed E-state index contributed by atoms with van der Waals surface area (Å²) in [6.07, 6.45) is 3.49. The molecule has 0 saturated heterocycles. The summed E-state index contributed by atoms with van der Waals surface area (Å²) >= 11 is 5.96. The SMILES string of the molecule is Cc1nn(CC(=O)Nc2ccn(Cc3cccc4ccccc34)n2)cc1Cl. The summed E-state index contributed by atoms with van der Waals surface area (Å²) in [7, 11) is 0. The van der Waals surface area contributed by atoms with Crippen LogP contribution in [-0.4, -0.2) is 25.5 Å². The third kappa shape index (κ3) is 3.85. The summed E-state index contributed by atoms with van der Waals surface area (Å²) < 4.78 is 3.33. The van der Waals surface area contributed by atoms with E-state index in [9.17, 15) is 4.79 Å². The Bertz CT molecular complexity index is 1090. The first-order valence-electron chi connectivity index (χ1n) is 8.58. The number of aryl methyl sites for hydroxylation is 1. The summed E-state index contributed by atoms with van der Waals surface area (Å²) in [5, 5.41) is 14.4. The Hall–Kier alpha value is -3.12. The molecule has 0 radical (unpaired) electrons. The number of amides is 1. The van der Waals surface area contributed by atoms with Gasteiger partial charge in [0.1, 0.15) is 6.54 Å². The Morgan fingerprint density at radius 3 is 2.70 bits per heavy atom. The standard InChI is InChI=1S/C20H18ClN5O/c1-14-18(21)12-26(23-14)13-20(27)22-19-9-10-25(24-19)11-16-7-4-6-15-5-2-3-8-17(15)16/h2-10,12H,11,13H2,1H3,(H,22,24,27).